The summed E-state index contributed by atoms with van der Waals surface area (Å²) >= 11 is 11.8. The van der Waals surface area contributed by atoms with Gasteiger partial charge in [0, 0.05) is 11.6 Å². The van der Waals surface area contributed by atoms with Crippen molar-refractivity contribution in [3.05, 3.63) is 33.8 Å². The maximum atomic E-state index is 5.97. The maximum Gasteiger partial charge on any atom is 0.0595 e. The molecule has 1 atom stereocenters. The minimum Gasteiger partial charge on any atom is -0.306 e. The number of nitrogens with one attached hydrogen (secondary N) is 1. The first-order chi connectivity index (χ1) is 6.79. The first-order valence-electron chi connectivity index (χ1n) is 5.02. The second-order valence-electron chi connectivity index (χ2n) is 4.79. The Hall–Kier alpha value is -0.240. The summed E-state index contributed by atoms with van der Waals surface area (Å²) in [7, 11) is 0. The van der Waals surface area contributed by atoms with Crippen molar-refractivity contribution in [1.29, 1.82) is 0 Å². The van der Waals surface area contributed by atoms with Crippen molar-refractivity contribution >= 4 is 23.2 Å². The Labute approximate surface area is 102 Å². The Morgan fingerprint density at radius 3 is 2.20 bits per heavy atom. The molecule has 0 aliphatic carbocycles. The Kier molecular flexibility index (Phi) is 4.05. The van der Waals surface area contributed by atoms with E-state index in [1.807, 2.05) is 18.2 Å². The number of hydrogen-bond acceptors (Lipinski definition) is 1. The second-order valence-corrected chi connectivity index (χ2v) is 5.60. The molecular weight excluding hydrogens is 229 g/mol. The van der Waals surface area contributed by atoms with Crippen LogP contribution in [0.4, 0.5) is 0 Å². The third-order valence-electron chi connectivity index (χ3n) is 2.09. The molecule has 0 amide bonds. The monoisotopic (exact) mass is 245 g/mol. The molecule has 3 heteroatoms. The quantitative estimate of drug-likeness (QED) is 0.813. The Bertz CT molecular complexity index is 342. The van der Waals surface area contributed by atoms with Gasteiger partial charge >= 0.3 is 0 Å². The molecule has 0 heterocycles. The van der Waals surface area contributed by atoms with E-state index in [0.29, 0.717) is 10.0 Å². The molecule has 0 aliphatic heterocycles. The van der Waals surface area contributed by atoms with Crippen LogP contribution in [0.1, 0.15) is 39.3 Å². The fourth-order valence-corrected chi connectivity index (χ4v) is 1.82. The summed E-state index contributed by atoms with van der Waals surface area (Å²) in [5, 5.41) is 4.69. The van der Waals surface area contributed by atoms with Crippen molar-refractivity contribution in [1.82, 2.24) is 5.32 Å². The number of benzene rings is 1. The first-order valence-corrected chi connectivity index (χ1v) is 5.78. The minimum atomic E-state index is 0.0888. The highest BCUT2D eigenvalue weighted by Crippen LogP contribution is 2.26. The first kappa shape index (κ1) is 12.8. The largest absolute Gasteiger partial charge is 0.306 e. The van der Waals surface area contributed by atoms with Crippen LogP contribution < -0.4 is 5.32 Å². The average Bonchev–Trinajstić information content (AvgIpc) is 2.06. The minimum absolute atomic E-state index is 0.0888. The third-order valence-corrected chi connectivity index (χ3v) is 2.83. The van der Waals surface area contributed by atoms with Crippen LogP contribution in [0.15, 0.2) is 18.2 Å². The summed E-state index contributed by atoms with van der Waals surface area (Å²) < 4.78 is 0. The molecule has 0 unspecified atom stereocenters. The zero-order valence-corrected chi connectivity index (χ0v) is 11.1. The highest BCUT2D eigenvalue weighted by atomic mass is 35.5. The van der Waals surface area contributed by atoms with Gasteiger partial charge in [0.05, 0.1) is 10.0 Å². The van der Waals surface area contributed by atoms with E-state index in [0.717, 1.165) is 5.56 Å². The van der Waals surface area contributed by atoms with Crippen LogP contribution in [0.25, 0.3) is 0 Å². The van der Waals surface area contributed by atoms with E-state index in [2.05, 4.69) is 33.0 Å². The molecule has 0 saturated carbocycles. The zero-order chi connectivity index (χ0) is 11.6. The topological polar surface area (TPSA) is 12.0 Å². The van der Waals surface area contributed by atoms with Crippen LogP contribution in [0.5, 0.6) is 0 Å². The highest BCUT2D eigenvalue weighted by Gasteiger charge is 2.15. The molecule has 0 saturated heterocycles. The van der Waals surface area contributed by atoms with Gasteiger partial charge in [0.25, 0.3) is 0 Å². The van der Waals surface area contributed by atoms with E-state index < -0.39 is 0 Å². The predicted molar refractivity (Wildman–Crippen MR) is 67.8 cm³/mol. The van der Waals surface area contributed by atoms with Crippen LogP contribution in [-0.2, 0) is 0 Å². The Balaban J connectivity index is 2.83. The van der Waals surface area contributed by atoms with Crippen LogP contribution >= 0.6 is 23.2 Å². The predicted octanol–water partition coefficient (Wildman–Crippen LogP) is 4.44. The summed E-state index contributed by atoms with van der Waals surface area (Å²) in [5.74, 6) is 0. The van der Waals surface area contributed by atoms with E-state index in [-0.39, 0.29) is 11.6 Å². The van der Waals surface area contributed by atoms with Crippen LogP contribution in [-0.4, -0.2) is 5.54 Å². The van der Waals surface area contributed by atoms with Crippen molar-refractivity contribution in [2.45, 2.75) is 39.3 Å². The molecular formula is C12H17Cl2N. The molecule has 15 heavy (non-hydrogen) atoms. The number of rotatable bonds is 2. The Morgan fingerprint density at radius 1 is 1.13 bits per heavy atom. The fraction of sp³-hybridized carbons (Fsp3) is 0.500. The van der Waals surface area contributed by atoms with Gasteiger partial charge in [0.1, 0.15) is 0 Å². The van der Waals surface area contributed by atoms with Crippen LogP contribution in [0.2, 0.25) is 10.0 Å². The fourth-order valence-electron chi connectivity index (χ4n) is 1.51. The van der Waals surface area contributed by atoms with Gasteiger partial charge in [0.2, 0.25) is 0 Å². The van der Waals surface area contributed by atoms with E-state index in [9.17, 15) is 0 Å². The molecule has 0 radical (unpaired) electrons. The molecule has 1 aromatic carbocycles. The Morgan fingerprint density at radius 2 is 1.73 bits per heavy atom. The lowest BCUT2D eigenvalue weighted by atomic mass is 10.0. The summed E-state index contributed by atoms with van der Waals surface area (Å²) in [6.07, 6.45) is 0. The lowest BCUT2D eigenvalue weighted by Gasteiger charge is -2.26. The van der Waals surface area contributed by atoms with Crippen molar-refractivity contribution in [2.24, 2.45) is 0 Å². The lowest BCUT2D eigenvalue weighted by Crippen LogP contribution is -2.37. The van der Waals surface area contributed by atoms with Crippen LogP contribution in [0.3, 0.4) is 0 Å². The van der Waals surface area contributed by atoms with Gasteiger partial charge in [-0.15, -0.1) is 0 Å². The third kappa shape index (κ3) is 4.02. The average molecular weight is 246 g/mol. The van der Waals surface area contributed by atoms with Crippen molar-refractivity contribution in [2.75, 3.05) is 0 Å². The van der Waals surface area contributed by atoms with Gasteiger partial charge in [-0.2, -0.15) is 0 Å². The van der Waals surface area contributed by atoms with Gasteiger partial charge in [-0.05, 0) is 45.4 Å². The van der Waals surface area contributed by atoms with Crippen molar-refractivity contribution in [3.8, 4) is 0 Å². The summed E-state index contributed by atoms with van der Waals surface area (Å²) in [6, 6.07) is 6.00. The van der Waals surface area contributed by atoms with Gasteiger partial charge in [0.15, 0.2) is 0 Å². The zero-order valence-electron chi connectivity index (χ0n) is 9.57. The van der Waals surface area contributed by atoms with E-state index >= 15 is 0 Å². The number of hydrogen-bond donors (Lipinski definition) is 1. The second kappa shape index (κ2) is 4.73. The summed E-state index contributed by atoms with van der Waals surface area (Å²) in [4.78, 5) is 0. The molecule has 0 aliphatic rings. The van der Waals surface area contributed by atoms with Gasteiger partial charge in [-0.1, -0.05) is 29.3 Å². The van der Waals surface area contributed by atoms with E-state index in [4.69, 9.17) is 23.2 Å². The van der Waals surface area contributed by atoms with Crippen LogP contribution in [0, 0.1) is 0 Å². The summed E-state index contributed by atoms with van der Waals surface area (Å²) in [6.45, 7) is 8.54. The normalized spacial score (nSPS) is 14.0. The molecule has 0 fully saturated rings. The molecule has 0 aromatic heterocycles. The van der Waals surface area contributed by atoms with E-state index in [1.165, 1.54) is 0 Å². The molecule has 0 bridgehead atoms. The number of halogens is 2. The molecule has 1 N–H and O–H groups in total. The van der Waals surface area contributed by atoms with Crippen molar-refractivity contribution < 1.29 is 0 Å². The molecule has 1 nitrogen and oxygen atoms in total. The summed E-state index contributed by atoms with van der Waals surface area (Å²) in [5.41, 5.74) is 1.24. The smallest absolute Gasteiger partial charge is 0.0595 e. The molecule has 84 valence electrons. The van der Waals surface area contributed by atoms with Crippen molar-refractivity contribution in [3.63, 3.8) is 0 Å². The molecule has 1 aromatic rings. The maximum absolute atomic E-state index is 5.97. The van der Waals surface area contributed by atoms with Gasteiger partial charge in [-0.25, -0.2) is 0 Å². The standard InChI is InChI=1S/C12H17Cl2N/c1-8(15-12(2,3)4)9-5-6-10(13)11(14)7-9/h5-8,15H,1-4H3/t8-/m1/s1. The highest BCUT2D eigenvalue weighted by molar-refractivity contribution is 6.42. The molecule has 0 spiro atoms. The van der Waals surface area contributed by atoms with E-state index in [1.54, 1.807) is 0 Å². The molecule has 1 rings (SSSR count). The van der Waals surface area contributed by atoms with Gasteiger partial charge in [-0.3, -0.25) is 0 Å². The van der Waals surface area contributed by atoms with Gasteiger partial charge < -0.3 is 5.32 Å². The lowest BCUT2D eigenvalue weighted by molar-refractivity contribution is 0.378. The SMILES string of the molecule is C[C@@H](NC(C)(C)C)c1ccc(Cl)c(Cl)c1.